The predicted molar refractivity (Wildman–Crippen MR) is 85.6 cm³/mol. The summed E-state index contributed by atoms with van der Waals surface area (Å²) in [6, 6.07) is 3.22. The van der Waals surface area contributed by atoms with Gasteiger partial charge in [0, 0.05) is 12.2 Å². The Labute approximate surface area is 139 Å². The van der Waals surface area contributed by atoms with Crippen LogP contribution in [0, 0.1) is 5.92 Å². The first kappa shape index (κ1) is 18.8. The van der Waals surface area contributed by atoms with Crippen molar-refractivity contribution >= 4 is 21.4 Å². The zero-order chi connectivity index (χ0) is 18.1. The van der Waals surface area contributed by atoms with Crippen LogP contribution in [0.3, 0.4) is 0 Å². The molecule has 0 aromatic heterocycles. The molecule has 0 N–H and O–H groups in total. The van der Waals surface area contributed by atoms with Crippen molar-refractivity contribution in [1.29, 1.82) is 0 Å². The van der Waals surface area contributed by atoms with E-state index in [1.54, 1.807) is 13.8 Å². The number of hydrogen-bond acceptors (Lipinski definition) is 3. The van der Waals surface area contributed by atoms with Crippen LogP contribution in [-0.2, 0) is 27.2 Å². The summed E-state index contributed by atoms with van der Waals surface area (Å²) in [6.45, 7) is 3.81. The van der Waals surface area contributed by atoms with Crippen molar-refractivity contribution in [2.24, 2.45) is 5.92 Å². The molecule has 134 valence electrons. The summed E-state index contributed by atoms with van der Waals surface area (Å²) in [4.78, 5) is 13.7. The van der Waals surface area contributed by atoms with Crippen LogP contribution in [0.4, 0.5) is 18.9 Å². The van der Waals surface area contributed by atoms with Crippen LogP contribution in [0.5, 0.6) is 0 Å². The second kappa shape index (κ2) is 6.74. The van der Waals surface area contributed by atoms with Gasteiger partial charge >= 0.3 is 6.18 Å². The molecular weight excluding hydrogens is 343 g/mol. The van der Waals surface area contributed by atoms with Gasteiger partial charge in [0.1, 0.15) is 5.75 Å². The highest BCUT2D eigenvalue weighted by Gasteiger charge is 2.33. The average Bonchev–Trinajstić information content (AvgIpc) is 2.42. The number of halogens is 3. The summed E-state index contributed by atoms with van der Waals surface area (Å²) < 4.78 is 62.4. The molecule has 0 spiro atoms. The number of benzene rings is 1. The Kier molecular flexibility index (Phi) is 5.27. The highest BCUT2D eigenvalue weighted by atomic mass is 32.2. The molecule has 24 heavy (non-hydrogen) atoms. The van der Waals surface area contributed by atoms with E-state index in [0.717, 1.165) is 12.1 Å². The zero-order valence-corrected chi connectivity index (χ0v) is 14.4. The van der Waals surface area contributed by atoms with Crippen LogP contribution >= 0.6 is 0 Å². The van der Waals surface area contributed by atoms with Gasteiger partial charge in [-0.3, -0.25) is 4.79 Å². The maximum absolute atomic E-state index is 12.8. The lowest BCUT2D eigenvalue weighted by molar-refractivity contribution is -0.137. The summed E-state index contributed by atoms with van der Waals surface area (Å²) in [6.07, 6.45) is -3.51. The van der Waals surface area contributed by atoms with Gasteiger partial charge < -0.3 is 4.90 Å². The van der Waals surface area contributed by atoms with Crippen LogP contribution < -0.4 is 4.90 Å². The Morgan fingerprint density at radius 2 is 1.96 bits per heavy atom. The number of anilines is 1. The van der Waals surface area contributed by atoms with Crippen molar-refractivity contribution < 1.29 is 26.4 Å². The molecule has 0 bridgehead atoms. The molecule has 0 aliphatic carbocycles. The van der Waals surface area contributed by atoms with Crippen molar-refractivity contribution in [3.8, 4) is 0 Å². The van der Waals surface area contributed by atoms with Crippen molar-refractivity contribution in [3.05, 3.63) is 29.3 Å². The smallest absolute Gasteiger partial charge is 0.311 e. The first-order chi connectivity index (χ1) is 11.0. The van der Waals surface area contributed by atoms with Gasteiger partial charge in [-0.05, 0) is 42.5 Å². The summed E-state index contributed by atoms with van der Waals surface area (Å²) in [5.41, 5.74) is 0.0349. The standard InChI is InChI=1S/C16H20F3NO3S/c1-11(2)9-24(22,23)10-15(21)20-7-3-4-12-8-13(16(17,18)19)5-6-14(12)20/h5-6,8,11H,3-4,7,9-10H2,1-2H3. The van der Waals surface area contributed by atoms with E-state index >= 15 is 0 Å². The largest absolute Gasteiger partial charge is 0.416 e. The number of rotatable bonds is 4. The molecule has 8 heteroatoms. The molecule has 0 saturated heterocycles. The van der Waals surface area contributed by atoms with Crippen molar-refractivity contribution in [2.45, 2.75) is 32.9 Å². The van der Waals surface area contributed by atoms with Gasteiger partial charge in [-0.15, -0.1) is 0 Å². The van der Waals surface area contributed by atoms with Gasteiger partial charge in [0.2, 0.25) is 5.91 Å². The molecule has 0 radical (unpaired) electrons. The minimum Gasteiger partial charge on any atom is -0.311 e. The molecule has 1 aliphatic heterocycles. The van der Waals surface area contributed by atoms with Crippen LogP contribution in [0.2, 0.25) is 0 Å². The van der Waals surface area contributed by atoms with Crippen molar-refractivity contribution in [2.75, 3.05) is 23.0 Å². The number of sulfone groups is 1. The number of carbonyl (C=O) groups is 1. The lowest BCUT2D eigenvalue weighted by atomic mass is 9.99. The van der Waals surface area contributed by atoms with Crippen molar-refractivity contribution in [3.63, 3.8) is 0 Å². The van der Waals surface area contributed by atoms with E-state index in [1.807, 2.05) is 0 Å². The van der Waals surface area contributed by atoms with E-state index in [-0.39, 0.29) is 11.7 Å². The molecule has 2 rings (SSSR count). The number of amides is 1. The lowest BCUT2D eigenvalue weighted by Crippen LogP contribution is -2.40. The molecule has 0 atom stereocenters. The lowest BCUT2D eigenvalue weighted by Gasteiger charge is -2.30. The summed E-state index contributed by atoms with van der Waals surface area (Å²) in [7, 11) is -3.53. The maximum atomic E-state index is 12.8. The minimum atomic E-state index is -4.44. The Balaban J connectivity index is 2.25. The van der Waals surface area contributed by atoms with E-state index < -0.39 is 33.2 Å². The van der Waals surface area contributed by atoms with Gasteiger partial charge in [0.25, 0.3) is 0 Å². The van der Waals surface area contributed by atoms with E-state index in [1.165, 1.54) is 11.0 Å². The molecular formula is C16H20F3NO3S. The third kappa shape index (κ3) is 4.49. The number of carbonyl (C=O) groups excluding carboxylic acids is 1. The number of aryl methyl sites for hydroxylation is 1. The SMILES string of the molecule is CC(C)CS(=O)(=O)CC(=O)N1CCCc2cc(C(F)(F)F)ccc21. The van der Waals surface area contributed by atoms with E-state index in [2.05, 4.69) is 0 Å². The topological polar surface area (TPSA) is 54.5 Å². The van der Waals surface area contributed by atoms with Gasteiger partial charge in [-0.1, -0.05) is 13.8 Å². The first-order valence-corrected chi connectivity index (χ1v) is 9.52. The first-order valence-electron chi connectivity index (χ1n) is 7.70. The van der Waals surface area contributed by atoms with Gasteiger partial charge in [0.15, 0.2) is 9.84 Å². The Bertz CT molecular complexity index is 727. The molecule has 0 fully saturated rings. The molecule has 4 nitrogen and oxygen atoms in total. The highest BCUT2D eigenvalue weighted by molar-refractivity contribution is 7.92. The monoisotopic (exact) mass is 363 g/mol. The van der Waals surface area contributed by atoms with E-state index in [0.29, 0.717) is 30.6 Å². The fourth-order valence-electron chi connectivity index (χ4n) is 2.87. The summed E-state index contributed by atoms with van der Waals surface area (Å²) in [5, 5.41) is 0. The van der Waals surface area contributed by atoms with Gasteiger partial charge in [-0.2, -0.15) is 13.2 Å². The maximum Gasteiger partial charge on any atom is 0.416 e. The number of hydrogen-bond donors (Lipinski definition) is 0. The van der Waals surface area contributed by atoms with Crippen LogP contribution in [0.1, 0.15) is 31.4 Å². The number of alkyl halides is 3. The summed E-state index contributed by atoms with van der Waals surface area (Å²) >= 11 is 0. The molecule has 1 aromatic carbocycles. The molecule has 1 aliphatic rings. The molecule has 1 heterocycles. The quantitative estimate of drug-likeness (QED) is 0.826. The zero-order valence-electron chi connectivity index (χ0n) is 13.6. The van der Waals surface area contributed by atoms with E-state index in [4.69, 9.17) is 0 Å². The fourth-order valence-corrected chi connectivity index (χ4v) is 4.53. The van der Waals surface area contributed by atoms with Crippen molar-refractivity contribution in [1.82, 2.24) is 0 Å². The molecule has 0 saturated carbocycles. The van der Waals surface area contributed by atoms with Gasteiger partial charge in [-0.25, -0.2) is 8.42 Å². The fraction of sp³-hybridized carbons (Fsp3) is 0.562. The van der Waals surface area contributed by atoms with Crippen LogP contribution in [-0.4, -0.2) is 32.4 Å². The normalized spacial score (nSPS) is 15.5. The summed E-state index contributed by atoms with van der Waals surface area (Å²) in [5.74, 6) is -1.39. The molecule has 1 amide bonds. The third-order valence-corrected chi connectivity index (χ3v) is 5.62. The second-order valence-corrected chi connectivity index (χ2v) is 8.55. The van der Waals surface area contributed by atoms with E-state index in [9.17, 15) is 26.4 Å². The average molecular weight is 363 g/mol. The highest BCUT2D eigenvalue weighted by Crippen LogP contribution is 2.35. The second-order valence-electron chi connectivity index (χ2n) is 6.44. The Morgan fingerprint density at radius 1 is 1.29 bits per heavy atom. The van der Waals surface area contributed by atoms with Crippen LogP contribution in [0.15, 0.2) is 18.2 Å². The van der Waals surface area contributed by atoms with Crippen LogP contribution in [0.25, 0.3) is 0 Å². The molecule has 1 aromatic rings. The van der Waals surface area contributed by atoms with Gasteiger partial charge in [0.05, 0.1) is 11.3 Å². The number of fused-ring (bicyclic) bond motifs is 1. The number of nitrogens with zero attached hydrogens (tertiary/aromatic N) is 1. The predicted octanol–water partition coefficient (Wildman–Crippen LogP) is 3.06. The Morgan fingerprint density at radius 3 is 2.54 bits per heavy atom. The molecule has 0 unspecified atom stereocenters. The Hall–Kier alpha value is -1.57. The minimum absolute atomic E-state index is 0.0908. The third-order valence-electron chi connectivity index (χ3n) is 3.76.